The molecular weight excluding hydrogens is 378 g/mol. The van der Waals surface area contributed by atoms with Crippen LogP contribution in [0.3, 0.4) is 0 Å². The third kappa shape index (κ3) is 5.79. The Balaban J connectivity index is 1.48. The summed E-state index contributed by atoms with van der Waals surface area (Å²) in [5.74, 6) is -0.358. The van der Waals surface area contributed by atoms with Gasteiger partial charge in [0.05, 0.1) is 18.2 Å². The van der Waals surface area contributed by atoms with Crippen LogP contribution in [0.4, 0.5) is 5.69 Å². The fourth-order valence-corrected chi connectivity index (χ4v) is 3.00. The van der Waals surface area contributed by atoms with E-state index in [4.69, 9.17) is 5.26 Å². The summed E-state index contributed by atoms with van der Waals surface area (Å²) in [6.45, 7) is 0.701. The average molecular weight is 401 g/mol. The van der Waals surface area contributed by atoms with Gasteiger partial charge in [-0.25, -0.2) is 4.68 Å². The number of benzene rings is 2. The Morgan fingerprint density at radius 1 is 1.03 bits per heavy atom. The average Bonchev–Trinajstić information content (AvgIpc) is 3.32. The molecule has 0 radical (unpaired) electrons. The molecule has 0 saturated carbocycles. The second-order valence-corrected chi connectivity index (χ2v) is 6.68. The van der Waals surface area contributed by atoms with E-state index in [9.17, 15) is 9.59 Å². The molecular formula is C23H23N5O2. The van der Waals surface area contributed by atoms with Crippen molar-refractivity contribution in [1.29, 1.82) is 5.26 Å². The predicted octanol–water partition coefficient (Wildman–Crippen LogP) is 3.22. The summed E-state index contributed by atoms with van der Waals surface area (Å²) < 4.78 is 1.76. The van der Waals surface area contributed by atoms with Gasteiger partial charge in [0.1, 0.15) is 0 Å². The lowest BCUT2D eigenvalue weighted by atomic mass is 10.2. The van der Waals surface area contributed by atoms with Crippen LogP contribution in [-0.4, -0.2) is 28.1 Å². The quantitative estimate of drug-likeness (QED) is 0.596. The highest BCUT2D eigenvalue weighted by Crippen LogP contribution is 2.15. The van der Waals surface area contributed by atoms with Crippen molar-refractivity contribution in [3.05, 3.63) is 78.6 Å². The Morgan fingerprint density at radius 3 is 2.47 bits per heavy atom. The van der Waals surface area contributed by atoms with Crippen molar-refractivity contribution >= 4 is 17.5 Å². The zero-order valence-electron chi connectivity index (χ0n) is 16.6. The molecule has 0 unspecified atom stereocenters. The first kappa shape index (κ1) is 20.8. The minimum absolute atomic E-state index is 0.0877. The van der Waals surface area contributed by atoms with Crippen molar-refractivity contribution in [2.75, 3.05) is 11.4 Å². The van der Waals surface area contributed by atoms with Gasteiger partial charge < -0.3 is 10.2 Å². The van der Waals surface area contributed by atoms with Crippen LogP contribution >= 0.6 is 0 Å². The standard InChI is InChI=1S/C23H23N5O2/c24-14-4-16-27(20-6-2-1-3-7-20)23(30)13-12-22(29)25-18-19-8-10-21(11-9-19)28-17-5-15-26-28/h1-3,5-11,15,17H,4,12-13,16,18H2,(H,25,29). The molecule has 2 aromatic carbocycles. The van der Waals surface area contributed by atoms with Crippen molar-refractivity contribution in [3.63, 3.8) is 0 Å². The van der Waals surface area contributed by atoms with Crippen LogP contribution < -0.4 is 10.2 Å². The lowest BCUT2D eigenvalue weighted by Crippen LogP contribution is -2.33. The Kier molecular flexibility index (Phi) is 7.34. The molecule has 0 fully saturated rings. The van der Waals surface area contributed by atoms with E-state index in [1.165, 1.54) is 0 Å². The van der Waals surface area contributed by atoms with E-state index >= 15 is 0 Å². The van der Waals surface area contributed by atoms with Gasteiger partial charge in [0, 0.05) is 44.0 Å². The number of hydrogen-bond acceptors (Lipinski definition) is 4. The van der Waals surface area contributed by atoms with Gasteiger partial charge in [0.2, 0.25) is 11.8 Å². The maximum absolute atomic E-state index is 12.6. The van der Waals surface area contributed by atoms with Crippen molar-refractivity contribution in [1.82, 2.24) is 15.1 Å². The SMILES string of the molecule is N#CCCN(C(=O)CCC(=O)NCc1ccc(-n2cccn2)cc1)c1ccccc1. The molecule has 0 aliphatic carbocycles. The van der Waals surface area contributed by atoms with Gasteiger partial charge in [-0.3, -0.25) is 9.59 Å². The number of carbonyl (C=O) groups is 2. The highest BCUT2D eigenvalue weighted by molar-refractivity contribution is 5.95. The van der Waals surface area contributed by atoms with E-state index < -0.39 is 0 Å². The molecule has 0 bridgehead atoms. The molecule has 0 aliphatic rings. The molecule has 30 heavy (non-hydrogen) atoms. The monoisotopic (exact) mass is 401 g/mol. The van der Waals surface area contributed by atoms with Crippen molar-refractivity contribution in [3.8, 4) is 11.8 Å². The summed E-state index contributed by atoms with van der Waals surface area (Å²) in [5, 5.41) is 15.9. The van der Waals surface area contributed by atoms with Gasteiger partial charge in [-0.1, -0.05) is 30.3 Å². The lowest BCUT2D eigenvalue weighted by molar-refractivity contribution is -0.125. The number of amides is 2. The third-order valence-corrected chi connectivity index (χ3v) is 4.58. The van der Waals surface area contributed by atoms with Crippen LogP contribution in [-0.2, 0) is 16.1 Å². The Labute approximate surface area is 175 Å². The van der Waals surface area contributed by atoms with E-state index in [2.05, 4.69) is 16.5 Å². The first-order valence-corrected chi connectivity index (χ1v) is 9.75. The van der Waals surface area contributed by atoms with Gasteiger partial charge in [-0.15, -0.1) is 0 Å². The number of nitrogens with zero attached hydrogens (tertiary/aromatic N) is 4. The minimum Gasteiger partial charge on any atom is -0.352 e. The van der Waals surface area contributed by atoms with E-state index in [0.29, 0.717) is 13.1 Å². The number of nitrogens with one attached hydrogen (secondary N) is 1. The van der Waals surface area contributed by atoms with E-state index in [1.54, 1.807) is 15.8 Å². The van der Waals surface area contributed by atoms with Crippen LogP contribution in [0.25, 0.3) is 5.69 Å². The van der Waals surface area contributed by atoms with Crippen LogP contribution in [0.1, 0.15) is 24.8 Å². The molecule has 3 rings (SSSR count). The number of hydrogen-bond donors (Lipinski definition) is 1. The topological polar surface area (TPSA) is 91.0 Å². The van der Waals surface area contributed by atoms with E-state index in [0.717, 1.165) is 16.9 Å². The number of aromatic nitrogens is 2. The summed E-state index contributed by atoms with van der Waals surface area (Å²) in [6.07, 6.45) is 4.00. The summed E-state index contributed by atoms with van der Waals surface area (Å²) >= 11 is 0. The number of nitriles is 1. The predicted molar refractivity (Wildman–Crippen MR) is 114 cm³/mol. The van der Waals surface area contributed by atoms with Crippen LogP contribution in [0.2, 0.25) is 0 Å². The molecule has 0 aliphatic heterocycles. The van der Waals surface area contributed by atoms with Gasteiger partial charge >= 0.3 is 0 Å². The second kappa shape index (κ2) is 10.6. The first-order chi connectivity index (χ1) is 14.7. The Morgan fingerprint density at radius 2 is 1.80 bits per heavy atom. The fourth-order valence-electron chi connectivity index (χ4n) is 3.00. The molecule has 3 aromatic rings. The van der Waals surface area contributed by atoms with Gasteiger partial charge in [0.15, 0.2) is 0 Å². The van der Waals surface area contributed by atoms with Gasteiger partial charge in [-0.2, -0.15) is 10.4 Å². The van der Waals surface area contributed by atoms with Gasteiger partial charge in [0.25, 0.3) is 0 Å². The van der Waals surface area contributed by atoms with Crippen LogP contribution in [0.15, 0.2) is 73.1 Å². The summed E-state index contributed by atoms with van der Waals surface area (Å²) in [7, 11) is 0. The fraction of sp³-hybridized carbons (Fsp3) is 0.217. The Bertz CT molecular complexity index is 992. The van der Waals surface area contributed by atoms with Crippen molar-refractivity contribution in [2.24, 2.45) is 0 Å². The molecule has 1 heterocycles. The highest BCUT2D eigenvalue weighted by atomic mass is 16.2. The molecule has 7 heteroatoms. The van der Waals surface area contributed by atoms with Crippen molar-refractivity contribution in [2.45, 2.75) is 25.8 Å². The molecule has 7 nitrogen and oxygen atoms in total. The van der Waals surface area contributed by atoms with Crippen LogP contribution in [0.5, 0.6) is 0 Å². The molecule has 1 aromatic heterocycles. The highest BCUT2D eigenvalue weighted by Gasteiger charge is 2.16. The number of para-hydroxylation sites is 1. The summed E-state index contributed by atoms with van der Waals surface area (Å²) in [6, 6.07) is 20.8. The largest absolute Gasteiger partial charge is 0.352 e. The van der Waals surface area contributed by atoms with Gasteiger partial charge in [-0.05, 0) is 35.9 Å². The second-order valence-electron chi connectivity index (χ2n) is 6.68. The molecule has 0 saturated heterocycles. The Hall–Kier alpha value is -3.92. The molecule has 2 amide bonds. The third-order valence-electron chi connectivity index (χ3n) is 4.58. The van der Waals surface area contributed by atoms with Crippen molar-refractivity contribution < 1.29 is 9.59 Å². The zero-order chi connectivity index (χ0) is 21.2. The maximum atomic E-state index is 12.6. The number of carbonyl (C=O) groups excluding carboxylic acids is 2. The summed E-state index contributed by atoms with van der Waals surface area (Å²) in [5.41, 5.74) is 2.64. The zero-order valence-corrected chi connectivity index (χ0v) is 16.6. The van der Waals surface area contributed by atoms with Crippen LogP contribution in [0, 0.1) is 11.3 Å². The smallest absolute Gasteiger partial charge is 0.227 e. The lowest BCUT2D eigenvalue weighted by Gasteiger charge is -2.21. The maximum Gasteiger partial charge on any atom is 0.227 e. The number of rotatable bonds is 9. The molecule has 0 spiro atoms. The van der Waals surface area contributed by atoms with E-state index in [-0.39, 0.29) is 31.1 Å². The first-order valence-electron chi connectivity index (χ1n) is 9.75. The molecule has 0 atom stereocenters. The summed E-state index contributed by atoms with van der Waals surface area (Å²) in [4.78, 5) is 26.4. The molecule has 1 N–H and O–H groups in total. The minimum atomic E-state index is -0.187. The number of anilines is 1. The van der Waals surface area contributed by atoms with E-state index in [1.807, 2.05) is 66.9 Å². The normalized spacial score (nSPS) is 10.2. The molecule has 152 valence electrons.